The van der Waals surface area contributed by atoms with Crippen LogP contribution < -0.4 is 10.6 Å². The normalized spacial score (nSPS) is 13.3. The summed E-state index contributed by atoms with van der Waals surface area (Å²) >= 11 is 3.45. The van der Waals surface area contributed by atoms with E-state index >= 15 is 0 Å². The van der Waals surface area contributed by atoms with Crippen molar-refractivity contribution in [2.45, 2.75) is 32.4 Å². The lowest BCUT2D eigenvalue weighted by atomic mass is 10.0. The molecule has 0 aliphatic heterocycles. The van der Waals surface area contributed by atoms with E-state index in [4.69, 9.17) is 0 Å². The smallest absolute Gasteiger partial charge is 0.275 e. The summed E-state index contributed by atoms with van der Waals surface area (Å²) in [7, 11) is 0. The molecule has 0 saturated carbocycles. The summed E-state index contributed by atoms with van der Waals surface area (Å²) in [4.78, 5) is 12.2. The van der Waals surface area contributed by atoms with E-state index in [2.05, 4.69) is 45.6 Å². The summed E-state index contributed by atoms with van der Waals surface area (Å²) in [6.45, 7) is 4.60. The standard InChI is InChI=1S/C19H23BrN2O/c1-3-18(16-9-11-17(20)12-10-16)21-13-19(23)22-14(2)15-7-5-4-6-8-15/h4-12,14,18,21H,3,13H2,1-2H3,(H,22,23)/p+1/t14-,18+/m1/s1. The molecule has 0 radical (unpaired) electrons. The lowest BCUT2D eigenvalue weighted by Gasteiger charge is -2.17. The molecule has 2 rings (SSSR count). The van der Waals surface area contributed by atoms with Gasteiger partial charge < -0.3 is 10.6 Å². The first-order chi connectivity index (χ1) is 11.1. The van der Waals surface area contributed by atoms with Crippen LogP contribution >= 0.6 is 15.9 Å². The minimum Gasteiger partial charge on any atom is -0.345 e. The molecule has 0 heterocycles. The number of benzene rings is 2. The van der Waals surface area contributed by atoms with Crippen LogP contribution in [0.2, 0.25) is 0 Å². The average molecular weight is 376 g/mol. The predicted octanol–water partition coefficient (Wildman–Crippen LogP) is 3.34. The van der Waals surface area contributed by atoms with Crippen LogP contribution in [0.3, 0.4) is 0 Å². The zero-order valence-electron chi connectivity index (χ0n) is 13.6. The number of carbonyl (C=O) groups excluding carboxylic acids is 1. The van der Waals surface area contributed by atoms with E-state index in [1.165, 1.54) is 5.56 Å². The molecule has 0 bridgehead atoms. The number of quaternary nitrogens is 1. The second kappa shape index (κ2) is 8.85. The van der Waals surface area contributed by atoms with Crippen molar-refractivity contribution in [1.29, 1.82) is 0 Å². The van der Waals surface area contributed by atoms with Gasteiger partial charge in [0.05, 0.1) is 6.04 Å². The Hall–Kier alpha value is -1.65. The summed E-state index contributed by atoms with van der Waals surface area (Å²) in [6, 6.07) is 18.7. The number of hydrogen-bond acceptors (Lipinski definition) is 1. The van der Waals surface area contributed by atoms with E-state index in [-0.39, 0.29) is 11.9 Å². The van der Waals surface area contributed by atoms with Crippen LogP contribution in [0.5, 0.6) is 0 Å². The number of carbonyl (C=O) groups is 1. The van der Waals surface area contributed by atoms with Crippen molar-refractivity contribution in [3.8, 4) is 0 Å². The van der Waals surface area contributed by atoms with Crippen LogP contribution in [0.15, 0.2) is 59.1 Å². The van der Waals surface area contributed by atoms with Gasteiger partial charge in [-0.2, -0.15) is 0 Å². The van der Waals surface area contributed by atoms with E-state index in [1.807, 2.05) is 49.4 Å². The summed E-state index contributed by atoms with van der Waals surface area (Å²) in [5.41, 5.74) is 2.38. The highest BCUT2D eigenvalue weighted by molar-refractivity contribution is 9.10. The summed E-state index contributed by atoms with van der Waals surface area (Å²) in [5.74, 6) is 0.0666. The second-order valence-electron chi connectivity index (χ2n) is 5.71. The fourth-order valence-corrected chi connectivity index (χ4v) is 2.89. The van der Waals surface area contributed by atoms with Crippen molar-refractivity contribution in [3.63, 3.8) is 0 Å². The Labute approximate surface area is 146 Å². The van der Waals surface area contributed by atoms with Gasteiger partial charge in [0.1, 0.15) is 6.04 Å². The molecule has 2 aromatic carbocycles. The molecule has 0 fully saturated rings. The first-order valence-corrected chi connectivity index (χ1v) is 8.82. The Balaban J connectivity index is 1.86. The molecule has 4 heteroatoms. The average Bonchev–Trinajstić information content (AvgIpc) is 2.57. The van der Waals surface area contributed by atoms with Crippen molar-refractivity contribution >= 4 is 21.8 Å². The first kappa shape index (κ1) is 17.7. The molecule has 3 N–H and O–H groups in total. The second-order valence-corrected chi connectivity index (χ2v) is 6.62. The third-order valence-electron chi connectivity index (χ3n) is 4.00. The molecule has 0 aliphatic rings. The molecule has 0 aliphatic carbocycles. The fraction of sp³-hybridized carbons (Fsp3) is 0.316. The fourth-order valence-electron chi connectivity index (χ4n) is 2.62. The monoisotopic (exact) mass is 375 g/mol. The topological polar surface area (TPSA) is 45.7 Å². The van der Waals surface area contributed by atoms with Crippen molar-refractivity contribution in [1.82, 2.24) is 5.32 Å². The van der Waals surface area contributed by atoms with Gasteiger partial charge in [-0.1, -0.05) is 65.3 Å². The van der Waals surface area contributed by atoms with Gasteiger partial charge >= 0.3 is 0 Å². The van der Waals surface area contributed by atoms with Crippen molar-refractivity contribution in [3.05, 3.63) is 70.2 Å². The molecule has 2 aromatic rings. The van der Waals surface area contributed by atoms with Crippen LogP contribution in [0.1, 0.15) is 43.5 Å². The molecule has 0 spiro atoms. The van der Waals surface area contributed by atoms with Gasteiger partial charge in [-0.15, -0.1) is 0 Å². The third kappa shape index (κ3) is 5.48. The van der Waals surface area contributed by atoms with E-state index in [0.29, 0.717) is 12.6 Å². The van der Waals surface area contributed by atoms with Crippen molar-refractivity contribution < 1.29 is 10.1 Å². The highest BCUT2D eigenvalue weighted by Gasteiger charge is 2.16. The van der Waals surface area contributed by atoms with Gasteiger partial charge in [-0.05, 0) is 24.6 Å². The summed E-state index contributed by atoms with van der Waals surface area (Å²) in [6.07, 6.45) is 0.989. The lowest BCUT2D eigenvalue weighted by Crippen LogP contribution is -2.87. The minimum absolute atomic E-state index is 0.0323. The van der Waals surface area contributed by atoms with Gasteiger partial charge in [0.25, 0.3) is 5.91 Å². The van der Waals surface area contributed by atoms with E-state index in [0.717, 1.165) is 16.5 Å². The lowest BCUT2D eigenvalue weighted by molar-refractivity contribution is -0.686. The number of rotatable bonds is 7. The van der Waals surface area contributed by atoms with Crippen LogP contribution in [-0.4, -0.2) is 12.5 Å². The maximum absolute atomic E-state index is 12.2. The van der Waals surface area contributed by atoms with E-state index in [1.54, 1.807) is 0 Å². The zero-order valence-corrected chi connectivity index (χ0v) is 15.2. The molecule has 0 saturated heterocycles. The SMILES string of the molecule is CC[C@H]([NH2+]CC(=O)N[C@H](C)c1ccccc1)c1ccc(Br)cc1. The molecular formula is C19H24BrN2O+. The Bertz CT molecular complexity index is 613. The third-order valence-corrected chi connectivity index (χ3v) is 4.53. The molecule has 23 heavy (non-hydrogen) atoms. The minimum atomic E-state index is 0.0323. The predicted molar refractivity (Wildman–Crippen MR) is 97.0 cm³/mol. The Morgan fingerprint density at radius 3 is 2.35 bits per heavy atom. The first-order valence-electron chi connectivity index (χ1n) is 8.03. The Morgan fingerprint density at radius 2 is 1.74 bits per heavy atom. The van der Waals surface area contributed by atoms with Crippen LogP contribution in [0.25, 0.3) is 0 Å². The van der Waals surface area contributed by atoms with Crippen LogP contribution in [0, 0.1) is 0 Å². The highest BCUT2D eigenvalue weighted by Crippen LogP contribution is 2.16. The van der Waals surface area contributed by atoms with Crippen LogP contribution in [-0.2, 0) is 4.79 Å². The summed E-state index contributed by atoms with van der Waals surface area (Å²) < 4.78 is 1.07. The van der Waals surface area contributed by atoms with Gasteiger partial charge in [0.15, 0.2) is 6.54 Å². The van der Waals surface area contributed by atoms with E-state index < -0.39 is 0 Å². The molecule has 1 amide bonds. The molecule has 3 nitrogen and oxygen atoms in total. The van der Waals surface area contributed by atoms with Gasteiger partial charge in [-0.3, -0.25) is 4.79 Å². The highest BCUT2D eigenvalue weighted by atomic mass is 79.9. The molecular weight excluding hydrogens is 352 g/mol. The maximum Gasteiger partial charge on any atom is 0.275 e. The molecule has 0 unspecified atom stereocenters. The number of nitrogens with two attached hydrogens (primary N) is 1. The number of hydrogen-bond donors (Lipinski definition) is 2. The largest absolute Gasteiger partial charge is 0.345 e. The van der Waals surface area contributed by atoms with Crippen molar-refractivity contribution in [2.24, 2.45) is 0 Å². The Morgan fingerprint density at radius 1 is 1.09 bits per heavy atom. The maximum atomic E-state index is 12.2. The molecule has 0 aromatic heterocycles. The number of halogens is 1. The van der Waals surface area contributed by atoms with E-state index in [9.17, 15) is 4.79 Å². The summed E-state index contributed by atoms with van der Waals surface area (Å²) in [5, 5.41) is 5.17. The van der Waals surface area contributed by atoms with Gasteiger partial charge in [0.2, 0.25) is 0 Å². The van der Waals surface area contributed by atoms with Gasteiger partial charge in [0, 0.05) is 16.5 Å². The Kier molecular flexibility index (Phi) is 6.81. The number of nitrogens with one attached hydrogen (secondary N) is 1. The molecule has 122 valence electrons. The number of amides is 1. The zero-order chi connectivity index (χ0) is 16.7. The van der Waals surface area contributed by atoms with Crippen LogP contribution in [0.4, 0.5) is 0 Å². The van der Waals surface area contributed by atoms with Crippen molar-refractivity contribution in [2.75, 3.05) is 6.54 Å². The quantitative estimate of drug-likeness (QED) is 0.765. The van der Waals surface area contributed by atoms with Gasteiger partial charge in [-0.25, -0.2) is 0 Å². The molecule has 2 atom stereocenters.